The van der Waals surface area contributed by atoms with Crippen LogP contribution in [0.15, 0.2) is 30.5 Å². The van der Waals surface area contributed by atoms with Gasteiger partial charge in [-0.1, -0.05) is 18.2 Å². The van der Waals surface area contributed by atoms with Crippen molar-refractivity contribution in [2.75, 3.05) is 25.1 Å². The van der Waals surface area contributed by atoms with Gasteiger partial charge in [-0.3, -0.25) is 4.79 Å². The minimum atomic E-state index is 0.0447. The van der Waals surface area contributed by atoms with Gasteiger partial charge in [-0.15, -0.1) is 0 Å². The summed E-state index contributed by atoms with van der Waals surface area (Å²) in [5.74, 6) is 1.74. The molecule has 23 heavy (non-hydrogen) atoms. The summed E-state index contributed by atoms with van der Waals surface area (Å²) >= 11 is 1.23. The maximum absolute atomic E-state index is 12.3. The molecule has 2 heterocycles. The number of carbonyl (C=O) groups is 1. The van der Waals surface area contributed by atoms with Crippen molar-refractivity contribution in [3.63, 3.8) is 0 Å². The average molecular weight is 332 g/mol. The lowest BCUT2D eigenvalue weighted by Gasteiger charge is -2.32. The molecule has 0 bridgehead atoms. The number of nitrogens with zero attached hydrogens (tertiary/aromatic N) is 3. The molecule has 2 aromatic rings. The van der Waals surface area contributed by atoms with Gasteiger partial charge in [-0.05, 0) is 18.9 Å². The van der Waals surface area contributed by atoms with E-state index in [1.165, 1.54) is 11.7 Å². The second-order valence-electron chi connectivity index (χ2n) is 5.58. The molecular formula is C16H20N4O2S. The molecule has 122 valence electrons. The Morgan fingerprint density at radius 3 is 2.87 bits per heavy atom. The SMILES string of the molecule is COc1ccccc1CC(=O)NC1CCN(c2cnsn2)CC1. The Morgan fingerprint density at radius 1 is 1.39 bits per heavy atom. The largest absolute Gasteiger partial charge is 0.496 e. The van der Waals surface area contributed by atoms with E-state index in [9.17, 15) is 4.79 Å². The Balaban J connectivity index is 1.49. The molecule has 1 aliphatic heterocycles. The van der Waals surface area contributed by atoms with Crippen LogP contribution in [0, 0.1) is 0 Å². The number of anilines is 1. The van der Waals surface area contributed by atoms with Crippen LogP contribution in [-0.2, 0) is 11.2 Å². The van der Waals surface area contributed by atoms with Gasteiger partial charge in [0.05, 0.1) is 31.5 Å². The molecule has 1 saturated heterocycles. The topological polar surface area (TPSA) is 67.3 Å². The van der Waals surface area contributed by atoms with Gasteiger partial charge in [-0.2, -0.15) is 8.75 Å². The number of hydrogen-bond donors (Lipinski definition) is 1. The summed E-state index contributed by atoms with van der Waals surface area (Å²) in [5, 5.41) is 3.13. The van der Waals surface area contributed by atoms with Gasteiger partial charge < -0.3 is 15.0 Å². The first-order valence-corrected chi connectivity index (χ1v) is 8.43. The molecule has 0 unspecified atom stereocenters. The van der Waals surface area contributed by atoms with Crippen LogP contribution in [0.4, 0.5) is 5.82 Å². The van der Waals surface area contributed by atoms with Gasteiger partial charge in [0.1, 0.15) is 5.75 Å². The molecule has 0 radical (unpaired) electrons. The summed E-state index contributed by atoms with van der Waals surface area (Å²) < 4.78 is 13.6. The van der Waals surface area contributed by atoms with Gasteiger partial charge in [0.2, 0.25) is 5.91 Å². The van der Waals surface area contributed by atoms with Crippen LogP contribution in [0.3, 0.4) is 0 Å². The monoisotopic (exact) mass is 332 g/mol. The number of piperidine rings is 1. The number of benzene rings is 1. The highest BCUT2D eigenvalue weighted by molar-refractivity contribution is 6.99. The van der Waals surface area contributed by atoms with E-state index in [0.717, 1.165) is 43.1 Å². The zero-order valence-electron chi connectivity index (χ0n) is 13.1. The maximum Gasteiger partial charge on any atom is 0.224 e. The van der Waals surface area contributed by atoms with E-state index < -0.39 is 0 Å². The molecule has 1 aromatic carbocycles. The van der Waals surface area contributed by atoms with E-state index >= 15 is 0 Å². The molecule has 7 heteroatoms. The Morgan fingerprint density at radius 2 is 2.17 bits per heavy atom. The molecule has 1 N–H and O–H groups in total. The summed E-state index contributed by atoms with van der Waals surface area (Å²) in [5.41, 5.74) is 0.915. The minimum absolute atomic E-state index is 0.0447. The average Bonchev–Trinajstić information content (AvgIpc) is 3.10. The fourth-order valence-corrected chi connectivity index (χ4v) is 3.29. The lowest BCUT2D eigenvalue weighted by molar-refractivity contribution is -0.121. The molecule has 1 aliphatic rings. The summed E-state index contributed by atoms with van der Waals surface area (Å²) in [7, 11) is 1.62. The first kappa shape index (κ1) is 15.7. The number of rotatable bonds is 5. The zero-order chi connectivity index (χ0) is 16.1. The molecule has 0 spiro atoms. The number of para-hydroxylation sites is 1. The molecular weight excluding hydrogens is 312 g/mol. The van der Waals surface area contributed by atoms with Gasteiger partial charge in [0.15, 0.2) is 5.82 Å². The lowest BCUT2D eigenvalue weighted by atomic mass is 10.0. The first-order valence-electron chi connectivity index (χ1n) is 7.70. The Kier molecular flexibility index (Phi) is 5.07. The molecule has 3 rings (SSSR count). The van der Waals surface area contributed by atoms with Crippen molar-refractivity contribution in [3.8, 4) is 5.75 Å². The second-order valence-corrected chi connectivity index (χ2v) is 6.14. The van der Waals surface area contributed by atoms with Gasteiger partial charge in [0.25, 0.3) is 0 Å². The van der Waals surface area contributed by atoms with E-state index in [4.69, 9.17) is 4.74 Å². The molecule has 1 fully saturated rings. The van der Waals surface area contributed by atoms with Crippen molar-refractivity contribution in [2.24, 2.45) is 0 Å². The highest BCUT2D eigenvalue weighted by atomic mass is 32.1. The minimum Gasteiger partial charge on any atom is -0.496 e. The second kappa shape index (κ2) is 7.41. The molecule has 0 saturated carbocycles. The van der Waals surface area contributed by atoms with Gasteiger partial charge in [-0.25, -0.2) is 0 Å². The third kappa shape index (κ3) is 3.98. The van der Waals surface area contributed by atoms with Crippen LogP contribution < -0.4 is 15.0 Å². The van der Waals surface area contributed by atoms with Crippen LogP contribution in [0.2, 0.25) is 0 Å². The number of amides is 1. The summed E-state index contributed by atoms with van der Waals surface area (Å²) in [4.78, 5) is 14.5. The molecule has 0 atom stereocenters. The number of hydrogen-bond acceptors (Lipinski definition) is 6. The maximum atomic E-state index is 12.3. The molecule has 1 amide bonds. The van der Waals surface area contributed by atoms with E-state index in [-0.39, 0.29) is 11.9 Å². The normalized spacial score (nSPS) is 15.4. The molecule has 0 aliphatic carbocycles. The fourth-order valence-electron chi connectivity index (χ4n) is 2.85. The smallest absolute Gasteiger partial charge is 0.224 e. The standard InChI is InChI=1S/C16H20N4O2S/c1-22-14-5-3-2-4-12(14)10-16(21)18-13-6-8-20(9-7-13)15-11-17-23-19-15/h2-5,11,13H,6-10H2,1H3,(H,18,21). The predicted octanol–water partition coefficient (Wildman–Crippen LogP) is 1.87. The van der Waals surface area contributed by atoms with Gasteiger partial charge in [0, 0.05) is 24.7 Å². The Bertz CT molecular complexity index is 639. The van der Waals surface area contributed by atoms with Crippen molar-refractivity contribution in [1.29, 1.82) is 0 Å². The van der Waals surface area contributed by atoms with Crippen LogP contribution in [-0.4, -0.2) is 40.9 Å². The summed E-state index contributed by atoms with van der Waals surface area (Å²) in [6.07, 6.45) is 4.00. The quantitative estimate of drug-likeness (QED) is 0.905. The highest BCUT2D eigenvalue weighted by Gasteiger charge is 2.22. The van der Waals surface area contributed by atoms with Crippen LogP contribution in [0.1, 0.15) is 18.4 Å². The molecule has 6 nitrogen and oxygen atoms in total. The van der Waals surface area contributed by atoms with Crippen LogP contribution in [0.5, 0.6) is 5.75 Å². The highest BCUT2D eigenvalue weighted by Crippen LogP contribution is 2.20. The third-order valence-electron chi connectivity index (χ3n) is 4.08. The van der Waals surface area contributed by atoms with Crippen molar-refractivity contribution >= 4 is 23.5 Å². The predicted molar refractivity (Wildman–Crippen MR) is 90.0 cm³/mol. The van der Waals surface area contributed by atoms with Crippen molar-refractivity contribution in [2.45, 2.75) is 25.3 Å². The zero-order valence-corrected chi connectivity index (χ0v) is 13.9. The van der Waals surface area contributed by atoms with E-state index in [1.807, 2.05) is 24.3 Å². The van der Waals surface area contributed by atoms with Crippen LogP contribution in [0.25, 0.3) is 0 Å². The van der Waals surface area contributed by atoms with Crippen molar-refractivity contribution < 1.29 is 9.53 Å². The lowest BCUT2D eigenvalue weighted by Crippen LogP contribution is -2.45. The Hall–Kier alpha value is -2.15. The van der Waals surface area contributed by atoms with Crippen LogP contribution >= 0.6 is 11.7 Å². The Labute approximate surface area is 139 Å². The van der Waals surface area contributed by atoms with E-state index in [0.29, 0.717) is 6.42 Å². The molecule has 1 aromatic heterocycles. The van der Waals surface area contributed by atoms with Crippen molar-refractivity contribution in [1.82, 2.24) is 14.1 Å². The first-order chi connectivity index (χ1) is 11.3. The number of nitrogens with one attached hydrogen (secondary N) is 1. The third-order valence-corrected chi connectivity index (χ3v) is 4.55. The van der Waals surface area contributed by atoms with E-state index in [1.54, 1.807) is 13.3 Å². The summed E-state index contributed by atoms with van der Waals surface area (Å²) in [6, 6.07) is 7.86. The summed E-state index contributed by atoms with van der Waals surface area (Å²) in [6.45, 7) is 1.79. The number of methoxy groups -OCH3 is 1. The van der Waals surface area contributed by atoms with Gasteiger partial charge >= 0.3 is 0 Å². The number of carbonyl (C=O) groups excluding carboxylic acids is 1. The van der Waals surface area contributed by atoms with Crippen molar-refractivity contribution in [3.05, 3.63) is 36.0 Å². The van der Waals surface area contributed by atoms with E-state index in [2.05, 4.69) is 19.0 Å². The fraction of sp³-hybridized carbons (Fsp3) is 0.438. The number of aromatic nitrogens is 2. The number of ether oxygens (including phenoxy) is 1.